The molecule has 2 aromatic rings. The molecule has 0 bridgehead atoms. The van der Waals surface area contributed by atoms with Crippen LogP contribution in [-0.2, 0) is 17.9 Å². The van der Waals surface area contributed by atoms with E-state index in [2.05, 4.69) is 5.32 Å². The average Bonchev–Trinajstić information content (AvgIpc) is 2.64. The minimum Gasteiger partial charge on any atom is -0.496 e. The van der Waals surface area contributed by atoms with E-state index in [0.717, 1.165) is 5.56 Å². The molecule has 1 amide bonds. The fourth-order valence-electron chi connectivity index (χ4n) is 2.33. The third-order valence-electron chi connectivity index (χ3n) is 3.75. The molecule has 0 aliphatic heterocycles. The summed E-state index contributed by atoms with van der Waals surface area (Å²) < 4.78 is 10.5. The molecule has 0 aromatic heterocycles. The summed E-state index contributed by atoms with van der Waals surface area (Å²) in [5, 5.41) is 12.0. The lowest BCUT2D eigenvalue weighted by molar-refractivity contribution is 0.0656. The lowest BCUT2D eigenvalue weighted by Gasteiger charge is -2.10. The number of carbonyl (C=O) groups excluding carboxylic acids is 1. The summed E-state index contributed by atoms with van der Waals surface area (Å²) in [6.45, 7) is 4.66. The number of carboxylic acid groups (broad SMARTS) is 1. The van der Waals surface area contributed by atoms with Crippen LogP contribution < -0.4 is 10.1 Å². The van der Waals surface area contributed by atoms with Gasteiger partial charge in [0.25, 0.3) is 5.91 Å². The van der Waals surface area contributed by atoms with Gasteiger partial charge in [0.05, 0.1) is 19.8 Å². The van der Waals surface area contributed by atoms with E-state index < -0.39 is 5.97 Å². The molecule has 6 nitrogen and oxygen atoms in total. The Bertz CT molecular complexity index is 768. The predicted molar refractivity (Wildman–Crippen MR) is 97.5 cm³/mol. The second-order valence-electron chi connectivity index (χ2n) is 6.08. The second-order valence-corrected chi connectivity index (χ2v) is 6.08. The first-order valence-corrected chi connectivity index (χ1v) is 8.29. The molecule has 6 heteroatoms. The molecule has 0 unspecified atom stereocenters. The molecule has 0 aliphatic carbocycles. The predicted octanol–water partition coefficient (Wildman–Crippen LogP) is 3.25. The Balaban J connectivity index is 1.98. The number of methoxy groups -OCH3 is 1. The van der Waals surface area contributed by atoms with Gasteiger partial charge in [0.2, 0.25) is 0 Å². The van der Waals surface area contributed by atoms with Crippen LogP contribution in [0.25, 0.3) is 0 Å². The highest BCUT2D eigenvalue weighted by molar-refractivity contribution is 5.94. The maximum atomic E-state index is 12.3. The molecule has 2 N–H and O–H groups in total. The quantitative estimate of drug-likeness (QED) is 0.757. The van der Waals surface area contributed by atoms with Crippen LogP contribution in [0.4, 0.5) is 0 Å². The Morgan fingerprint density at radius 2 is 1.73 bits per heavy atom. The first-order chi connectivity index (χ1) is 12.4. The normalized spacial score (nSPS) is 10.6. The number of benzene rings is 2. The van der Waals surface area contributed by atoms with E-state index in [0.29, 0.717) is 17.7 Å². The highest BCUT2D eigenvalue weighted by Crippen LogP contribution is 2.20. The fraction of sp³-hybridized carbons (Fsp3) is 0.300. The van der Waals surface area contributed by atoms with E-state index in [1.807, 2.05) is 26.0 Å². The van der Waals surface area contributed by atoms with Crippen LogP contribution in [0, 0.1) is 0 Å². The van der Waals surface area contributed by atoms with Crippen LogP contribution >= 0.6 is 0 Å². The standard InChI is InChI=1S/C20H23NO5/c1-13(2)26-12-14-4-7-16(8-5-14)19(22)21-11-15-6-9-18(25-3)17(10-15)20(23)24/h4-10,13H,11-12H2,1-3H3,(H,21,22)(H,23,24). The molecular weight excluding hydrogens is 334 g/mol. The van der Waals surface area contributed by atoms with Crippen LogP contribution in [-0.4, -0.2) is 30.2 Å². The molecule has 0 saturated carbocycles. The number of aromatic carboxylic acids is 1. The topological polar surface area (TPSA) is 84.9 Å². The summed E-state index contributed by atoms with van der Waals surface area (Å²) in [5.41, 5.74) is 2.27. The van der Waals surface area contributed by atoms with Gasteiger partial charge in [-0.3, -0.25) is 4.79 Å². The first kappa shape index (κ1) is 19.5. The number of amides is 1. The molecule has 2 aromatic carbocycles. The molecule has 2 rings (SSSR count). The van der Waals surface area contributed by atoms with Gasteiger partial charge in [-0.1, -0.05) is 18.2 Å². The van der Waals surface area contributed by atoms with Crippen LogP contribution in [0.5, 0.6) is 5.75 Å². The van der Waals surface area contributed by atoms with Crippen LogP contribution in [0.3, 0.4) is 0 Å². The van der Waals surface area contributed by atoms with Gasteiger partial charge in [0.1, 0.15) is 11.3 Å². The largest absolute Gasteiger partial charge is 0.496 e. The highest BCUT2D eigenvalue weighted by atomic mass is 16.5. The number of hydrogen-bond donors (Lipinski definition) is 2. The molecule has 0 saturated heterocycles. The van der Waals surface area contributed by atoms with Crippen molar-refractivity contribution in [3.8, 4) is 5.75 Å². The van der Waals surface area contributed by atoms with E-state index in [1.54, 1.807) is 24.3 Å². The minimum atomic E-state index is -1.07. The van der Waals surface area contributed by atoms with E-state index in [-0.39, 0.29) is 29.9 Å². The van der Waals surface area contributed by atoms with Crippen molar-refractivity contribution in [2.75, 3.05) is 7.11 Å². The van der Waals surface area contributed by atoms with Crippen molar-refractivity contribution in [1.29, 1.82) is 0 Å². The zero-order valence-electron chi connectivity index (χ0n) is 15.1. The Kier molecular flexibility index (Phi) is 6.74. The summed E-state index contributed by atoms with van der Waals surface area (Å²) >= 11 is 0. The molecule has 26 heavy (non-hydrogen) atoms. The summed E-state index contributed by atoms with van der Waals surface area (Å²) in [6, 6.07) is 12.0. The number of ether oxygens (including phenoxy) is 2. The van der Waals surface area contributed by atoms with E-state index >= 15 is 0 Å². The van der Waals surface area contributed by atoms with Crippen molar-refractivity contribution in [1.82, 2.24) is 5.32 Å². The number of hydrogen-bond acceptors (Lipinski definition) is 4. The Labute approximate surface area is 152 Å². The molecule has 138 valence electrons. The van der Waals surface area contributed by atoms with Crippen LogP contribution in [0.2, 0.25) is 0 Å². The van der Waals surface area contributed by atoms with E-state index in [4.69, 9.17) is 9.47 Å². The average molecular weight is 357 g/mol. The lowest BCUT2D eigenvalue weighted by Crippen LogP contribution is -2.23. The van der Waals surface area contributed by atoms with Gasteiger partial charge >= 0.3 is 5.97 Å². The van der Waals surface area contributed by atoms with Crippen molar-refractivity contribution in [2.24, 2.45) is 0 Å². The zero-order chi connectivity index (χ0) is 19.1. The van der Waals surface area contributed by atoms with Crippen LogP contribution in [0.1, 0.15) is 45.7 Å². The maximum absolute atomic E-state index is 12.3. The van der Waals surface area contributed by atoms with Crippen LogP contribution in [0.15, 0.2) is 42.5 Å². The van der Waals surface area contributed by atoms with Crippen molar-refractivity contribution >= 4 is 11.9 Å². The van der Waals surface area contributed by atoms with E-state index in [1.165, 1.54) is 13.2 Å². The molecule has 0 radical (unpaired) electrons. The lowest BCUT2D eigenvalue weighted by atomic mass is 10.1. The van der Waals surface area contributed by atoms with Gasteiger partial charge in [0, 0.05) is 12.1 Å². The summed E-state index contributed by atoms with van der Waals surface area (Å²) in [7, 11) is 1.42. The van der Waals surface area contributed by atoms with Crippen molar-refractivity contribution in [2.45, 2.75) is 33.1 Å². The van der Waals surface area contributed by atoms with E-state index in [9.17, 15) is 14.7 Å². The number of carboxylic acids is 1. The Morgan fingerprint density at radius 3 is 2.31 bits per heavy atom. The van der Waals surface area contributed by atoms with Crippen molar-refractivity contribution in [3.05, 3.63) is 64.7 Å². The number of nitrogens with one attached hydrogen (secondary N) is 1. The van der Waals surface area contributed by atoms with Gasteiger partial charge in [-0.05, 0) is 49.2 Å². The van der Waals surface area contributed by atoms with Gasteiger partial charge in [-0.2, -0.15) is 0 Å². The molecule has 0 aliphatic rings. The molecule has 0 fully saturated rings. The second kappa shape index (κ2) is 9.01. The minimum absolute atomic E-state index is 0.0637. The summed E-state index contributed by atoms with van der Waals surface area (Å²) in [6.07, 6.45) is 0.151. The molecule has 0 atom stereocenters. The van der Waals surface area contributed by atoms with Gasteiger partial charge < -0.3 is 19.9 Å². The third kappa shape index (κ3) is 5.32. The zero-order valence-corrected chi connectivity index (χ0v) is 15.1. The fourth-order valence-corrected chi connectivity index (χ4v) is 2.33. The molecular formula is C20H23NO5. The smallest absolute Gasteiger partial charge is 0.339 e. The number of carbonyl (C=O) groups is 2. The maximum Gasteiger partial charge on any atom is 0.339 e. The summed E-state index contributed by atoms with van der Waals surface area (Å²) in [5.74, 6) is -1.02. The monoisotopic (exact) mass is 357 g/mol. The van der Waals surface area contributed by atoms with Crippen molar-refractivity contribution < 1.29 is 24.2 Å². The van der Waals surface area contributed by atoms with Gasteiger partial charge in [0.15, 0.2) is 0 Å². The van der Waals surface area contributed by atoms with Crippen molar-refractivity contribution in [3.63, 3.8) is 0 Å². The van der Waals surface area contributed by atoms with Gasteiger partial charge in [-0.15, -0.1) is 0 Å². The molecule has 0 spiro atoms. The SMILES string of the molecule is COc1ccc(CNC(=O)c2ccc(COC(C)C)cc2)cc1C(=O)O. The molecule has 0 heterocycles. The summed E-state index contributed by atoms with van der Waals surface area (Å²) in [4.78, 5) is 23.5. The number of rotatable bonds is 8. The Hall–Kier alpha value is -2.86. The third-order valence-corrected chi connectivity index (χ3v) is 3.75. The Morgan fingerprint density at radius 1 is 1.08 bits per heavy atom. The first-order valence-electron chi connectivity index (χ1n) is 8.29. The highest BCUT2D eigenvalue weighted by Gasteiger charge is 2.12. The van der Waals surface area contributed by atoms with Gasteiger partial charge in [-0.25, -0.2) is 4.79 Å².